The van der Waals surface area contributed by atoms with Crippen molar-refractivity contribution in [3.63, 3.8) is 0 Å². The van der Waals surface area contributed by atoms with E-state index in [0.717, 1.165) is 25.3 Å². The highest BCUT2D eigenvalue weighted by Gasteiger charge is 2.33. The molecule has 2 heterocycles. The Balaban J connectivity index is 0.00000176. The summed E-state index contributed by atoms with van der Waals surface area (Å²) in [7, 11) is -1.95. The minimum atomic E-state index is -3.55. The Morgan fingerprint density at radius 3 is 2.45 bits per heavy atom. The predicted octanol–water partition coefficient (Wildman–Crippen LogP) is 1.65. The monoisotopic (exact) mass is 368 g/mol. The average molecular weight is 369 g/mol. The van der Waals surface area contributed by atoms with E-state index in [1.165, 1.54) is 28.0 Å². The molecule has 2 aliphatic rings. The van der Waals surface area contributed by atoms with E-state index in [-0.39, 0.29) is 22.5 Å². The molecule has 0 atom stereocenters. The van der Waals surface area contributed by atoms with Crippen molar-refractivity contribution >= 4 is 34.0 Å². The Morgan fingerprint density at radius 2 is 1.95 bits per heavy atom. The summed E-state index contributed by atoms with van der Waals surface area (Å²) in [6.07, 6.45) is 5.74. The van der Waals surface area contributed by atoms with Crippen LogP contribution in [0.15, 0.2) is 11.2 Å². The van der Waals surface area contributed by atoms with Crippen LogP contribution >= 0.6 is 24.0 Å². The first-order valence-electron chi connectivity index (χ1n) is 7.39. The Bertz CT molecular complexity index is 588. The van der Waals surface area contributed by atoms with Gasteiger partial charge in [0.1, 0.15) is 0 Å². The summed E-state index contributed by atoms with van der Waals surface area (Å²) in [6.45, 7) is 2.14. The van der Waals surface area contributed by atoms with Crippen LogP contribution in [-0.2, 0) is 17.1 Å². The molecule has 1 saturated carbocycles. The molecule has 6 nitrogen and oxygen atoms in total. The van der Waals surface area contributed by atoms with Gasteiger partial charge in [0.2, 0.25) is 0 Å². The second-order valence-corrected chi connectivity index (χ2v) is 8.21. The third-order valence-electron chi connectivity index (χ3n) is 4.27. The summed E-state index contributed by atoms with van der Waals surface area (Å²) in [5.74, 6) is 0.847. The van der Waals surface area contributed by atoms with Crippen molar-refractivity contribution in [1.29, 1.82) is 0 Å². The lowest BCUT2D eigenvalue weighted by Gasteiger charge is -2.31. The fraction of sp³-hybridized carbons (Fsp3) is 0.769. The summed E-state index contributed by atoms with van der Waals surface area (Å²) in [5, 5.41) is 7.74. The first-order chi connectivity index (χ1) is 9.98. The van der Waals surface area contributed by atoms with Crippen molar-refractivity contribution in [3.05, 3.63) is 11.2 Å². The van der Waals surface area contributed by atoms with Gasteiger partial charge >= 0.3 is 0 Å². The van der Waals surface area contributed by atoms with Crippen molar-refractivity contribution in [2.75, 3.05) is 19.6 Å². The number of aryl methyl sites for hydroxylation is 1. The zero-order valence-electron chi connectivity index (χ0n) is 12.5. The standard InChI is InChI=1S/C13H21ClN4O2S.ClH/c1-17-13(12(14)9-16-17)21(19,20)18-6-4-11(5-7-18)15-8-10-2-3-10;/h9-11,15H,2-8H2,1H3;1H. The quantitative estimate of drug-likeness (QED) is 0.857. The van der Waals surface area contributed by atoms with Gasteiger partial charge in [0.25, 0.3) is 10.0 Å². The summed E-state index contributed by atoms with van der Waals surface area (Å²) in [4.78, 5) is 0. The van der Waals surface area contributed by atoms with E-state index in [1.54, 1.807) is 7.05 Å². The van der Waals surface area contributed by atoms with Gasteiger partial charge in [-0.1, -0.05) is 11.6 Å². The molecule has 0 spiro atoms. The molecular formula is C13H22Cl2N4O2S. The molecule has 22 heavy (non-hydrogen) atoms. The molecule has 0 aromatic carbocycles. The maximum Gasteiger partial charge on any atom is 0.261 e. The van der Waals surface area contributed by atoms with Crippen molar-refractivity contribution < 1.29 is 8.42 Å². The summed E-state index contributed by atoms with van der Waals surface area (Å²) < 4.78 is 28.1. The molecule has 1 N–H and O–H groups in total. The second kappa shape index (κ2) is 7.05. The summed E-state index contributed by atoms with van der Waals surface area (Å²) in [6, 6.07) is 0.430. The average Bonchev–Trinajstić information content (AvgIpc) is 3.22. The first-order valence-corrected chi connectivity index (χ1v) is 9.21. The summed E-state index contributed by atoms with van der Waals surface area (Å²) >= 11 is 5.97. The number of sulfonamides is 1. The number of hydrogen-bond donors (Lipinski definition) is 1. The lowest BCUT2D eigenvalue weighted by Crippen LogP contribution is -2.45. The van der Waals surface area contributed by atoms with Crippen molar-refractivity contribution in [3.8, 4) is 0 Å². The van der Waals surface area contributed by atoms with Crippen LogP contribution < -0.4 is 5.32 Å². The van der Waals surface area contributed by atoms with Gasteiger partial charge in [-0.3, -0.25) is 4.68 Å². The predicted molar refractivity (Wildman–Crippen MR) is 88.0 cm³/mol. The molecule has 1 aliphatic heterocycles. The van der Waals surface area contributed by atoms with Crippen LogP contribution in [0.4, 0.5) is 0 Å². The molecule has 126 valence electrons. The lowest BCUT2D eigenvalue weighted by molar-refractivity contribution is 0.286. The fourth-order valence-corrected chi connectivity index (χ4v) is 4.84. The molecule has 1 aliphatic carbocycles. The van der Waals surface area contributed by atoms with Crippen LogP contribution in [0.1, 0.15) is 25.7 Å². The normalized spacial score (nSPS) is 20.8. The van der Waals surface area contributed by atoms with E-state index >= 15 is 0 Å². The molecule has 0 amide bonds. The molecule has 0 radical (unpaired) electrons. The maximum atomic E-state index is 12.6. The fourth-order valence-electron chi connectivity index (χ4n) is 2.77. The van der Waals surface area contributed by atoms with Crippen LogP contribution in [0.5, 0.6) is 0 Å². The number of rotatable bonds is 5. The van der Waals surface area contributed by atoms with Gasteiger partial charge in [-0.05, 0) is 38.1 Å². The van der Waals surface area contributed by atoms with Crippen LogP contribution in [0.3, 0.4) is 0 Å². The van der Waals surface area contributed by atoms with E-state index in [9.17, 15) is 8.42 Å². The van der Waals surface area contributed by atoms with Gasteiger partial charge in [-0.15, -0.1) is 12.4 Å². The molecule has 3 rings (SSSR count). The maximum absolute atomic E-state index is 12.6. The van der Waals surface area contributed by atoms with Gasteiger partial charge in [0, 0.05) is 26.2 Å². The van der Waals surface area contributed by atoms with Gasteiger partial charge in [0.15, 0.2) is 5.03 Å². The highest BCUT2D eigenvalue weighted by Crippen LogP contribution is 2.29. The van der Waals surface area contributed by atoms with Crippen LogP contribution in [0.25, 0.3) is 0 Å². The van der Waals surface area contributed by atoms with Crippen LogP contribution in [-0.4, -0.2) is 48.2 Å². The van der Waals surface area contributed by atoms with Crippen LogP contribution in [0, 0.1) is 5.92 Å². The largest absolute Gasteiger partial charge is 0.314 e. The molecule has 1 saturated heterocycles. The Morgan fingerprint density at radius 1 is 1.32 bits per heavy atom. The molecule has 1 aromatic rings. The van der Waals surface area contributed by atoms with Gasteiger partial charge < -0.3 is 5.32 Å². The minimum Gasteiger partial charge on any atom is -0.314 e. The number of nitrogens with zero attached hydrogens (tertiary/aromatic N) is 3. The highest BCUT2D eigenvalue weighted by molar-refractivity contribution is 7.89. The Labute approximate surface area is 142 Å². The minimum absolute atomic E-state index is 0. The van der Waals surface area contributed by atoms with Crippen molar-refractivity contribution in [2.45, 2.75) is 36.8 Å². The molecule has 0 unspecified atom stereocenters. The number of aromatic nitrogens is 2. The molecule has 9 heteroatoms. The highest BCUT2D eigenvalue weighted by atomic mass is 35.5. The second-order valence-electron chi connectivity index (χ2n) is 5.95. The topological polar surface area (TPSA) is 67.2 Å². The number of hydrogen-bond acceptors (Lipinski definition) is 4. The van der Waals surface area contributed by atoms with Gasteiger partial charge in [0.05, 0.1) is 11.2 Å². The van der Waals surface area contributed by atoms with E-state index < -0.39 is 10.0 Å². The van der Waals surface area contributed by atoms with Crippen LogP contribution in [0.2, 0.25) is 5.02 Å². The zero-order valence-corrected chi connectivity index (χ0v) is 14.9. The third-order valence-corrected chi connectivity index (χ3v) is 6.68. The lowest BCUT2D eigenvalue weighted by atomic mass is 10.1. The van der Waals surface area contributed by atoms with E-state index in [2.05, 4.69) is 10.4 Å². The molecule has 1 aromatic heterocycles. The zero-order chi connectivity index (χ0) is 15.0. The Hall–Kier alpha value is -0.340. The molecular weight excluding hydrogens is 347 g/mol. The van der Waals surface area contributed by atoms with Crippen molar-refractivity contribution in [2.24, 2.45) is 13.0 Å². The smallest absolute Gasteiger partial charge is 0.261 e. The number of piperidine rings is 1. The molecule has 0 bridgehead atoms. The van der Waals surface area contributed by atoms with Gasteiger partial charge in [-0.25, -0.2) is 8.42 Å². The number of halogens is 2. The summed E-state index contributed by atoms with van der Waals surface area (Å²) in [5.41, 5.74) is 0. The SMILES string of the molecule is Cl.Cn1ncc(Cl)c1S(=O)(=O)N1CCC(NCC2CC2)CC1. The van der Waals surface area contributed by atoms with E-state index in [1.807, 2.05) is 0 Å². The van der Waals surface area contributed by atoms with E-state index in [4.69, 9.17) is 11.6 Å². The number of nitrogens with one attached hydrogen (secondary N) is 1. The third kappa shape index (κ3) is 3.76. The first kappa shape index (κ1) is 18.0. The van der Waals surface area contributed by atoms with Gasteiger partial charge in [-0.2, -0.15) is 9.40 Å². The van der Waals surface area contributed by atoms with E-state index in [0.29, 0.717) is 19.1 Å². The Kier molecular flexibility index (Phi) is 5.77. The van der Waals surface area contributed by atoms with Crippen molar-refractivity contribution in [1.82, 2.24) is 19.4 Å². The molecule has 2 fully saturated rings.